The van der Waals surface area contributed by atoms with Gasteiger partial charge >= 0.3 is 11.0 Å². The molecule has 0 aromatic carbocycles. The van der Waals surface area contributed by atoms with Gasteiger partial charge in [0, 0.05) is 30.6 Å². The highest BCUT2D eigenvalue weighted by molar-refractivity contribution is 7.15. The number of hydrogen-bond donors (Lipinski definition) is 1. The second-order valence-electron chi connectivity index (χ2n) is 4.99. The Hall–Kier alpha value is -1.51. The minimum absolute atomic E-state index is 0.0408. The van der Waals surface area contributed by atoms with E-state index in [2.05, 4.69) is 4.90 Å². The number of rotatable bonds is 7. The zero-order valence-corrected chi connectivity index (χ0v) is 12.4. The Labute approximate surface area is 126 Å². The number of carboxylic acid groups (broad SMARTS) is 1. The number of nitro groups is 1. The molecule has 8 heteroatoms. The van der Waals surface area contributed by atoms with Crippen LogP contribution in [0, 0.1) is 10.1 Å². The smallest absolute Gasteiger partial charge is 0.324 e. The van der Waals surface area contributed by atoms with E-state index in [1.165, 1.54) is 11.3 Å². The lowest BCUT2D eigenvalue weighted by atomic mass is 10.1. The second-order valence-corrected chi connectivity index (χ2v) is 6.13. The Balaban J connectivity index is 1.71. The van der Waals surface area contributed by atoms with Crippen LogP contribution in [0.15, 0.2) is 12.1 Å². The van der Waals surface area contributed by atoms with Crippen molar-refractivity contribution in [1.82, 2.24) is 4.90 Å². The molecule has 21 heavy (non-hydrogen) atoms. The average Bonchev–Trinajstić information content (AvgIpc) is 2.89. The molecule has 1 aromatic heterocycles. The summed E-state index contributed by atoms with van der Waals surface area (Å²) in [6, 6.07) is 3.35. The maximum Gasteiger partial charge on any atom is 0.324 e. The summed E-state index contributed by atoms with van der Waals surface area (Å²) in [7, 11) is 0. The summed E-state index contributed by atoms with van der Waals surface area (Å²) in [5.41, 5.74) is 0. The monoisotopic (exact) mass is 314 g/mol. The summed E-state index contributed by atoms with van der Waals surface area (Å²) in [6.45, 7) is 2.71. The van der Waals surface area contributed by atoms with E-state index in [4.69, 9.17) is 9.84 Å². The quantitative estimate of drug-likeness (QED) is 0.612. The van der Waals surface area contributed by atoms with Gasteiger partial charge in [-0.15, -0.1) is 0 Å². The van der Waals surface area contributed by atoms with Crippen LogP contribution in [0.25, 0.3) is 0 Å². The van der Waals surface area contributed by atoms with Gasteiger partial charge in [0.15, 0.2) is 0 Å². The van der Waals surface area contributed by atoms with Crippen molar-refractivity contribution in [2.24, 2.45) is 0 Å². The number of carboxylic acids is 1. The van der Waals surface area contributed by atoms with Gasteiger partial charge in [-0.05, 0) is 18.9 Å². The van der Waals surface area contributed by atoms with Crippen LogP contribution in [0.3, 0.4) is 0 Å². The van der Waals surface area contributed by atoms with Gasteiger partial charge in [0.05, 0.1) is 24.1 Å². The normalized spacial score (nSPS) is 17.0. The number of nitrogens with zero attached hydrogens (tertiary/aromatic N) is 2. The maximum absolute atomic E-state index is 10.6. The molecule has 7 nitrogen and oxygen atoms in total. The fourth-order valence-corrected chi connectivity index (χ4v) is 3.18. The van der Waals surface area contributed by atoms with Crippen molar-refractivity contribution in [2.45, 2.75) is 31.9 Å². The molecule has 0 amide bonds. The van der Waals surface area contributed by atoms with Crippen molar-refractivity contribution in [3.05, 3.63) is 27.1 Å². The highest BCUT2D eigenvalue weighted by Crippen LogP contribution is 2.26. The van der Waals surface area contributed by atoms with Crippen LogP contribution in [0.1, 0.15) is 24.1 Å². The first-order chi connectivity index (χ1) is 10.0. The molecule has 1 fully saturated rings. The Morgan fingerprint density at radius 1 is 1.48 bits per heavy atom. The molecule has 1 saturated heterocycles. The fourth-order valence-electron chi connectivity index (χ4n) is 2.32. The third-order valence-corrected chi connectivity index (χ3v) is 4.43. The lowest BCUT2D eigenvalue weighted by Gasteiger charge is -2.31. The Bertz CT molecular complexity index is 497. The first-order valence-corrected chi connectivity index (χ1v) is 7.65. The molecular formula is C13H18N2O5S. The van der Waals surface area contributed by atoms with Crippen molar-refractivity contribution in [2.75, 3.05) is 19.7 Å². The number of carbonyl (C=O) groups is 1. The molecule has 0 saturated carbocycles. The SMILES string of the molecule is O=C(O)CCOC1CCN(Cc2ccc([N+](=O)[O-])s2)CC1. The van der Waals surface area contributed by atoms with E-state index in [0.717, 1.165) is 37.4 Å². The number of piperidine rings is 1. The van der Waals surface area contributed by atoms with Gasteiger partial charge in [-0.25, -0.2) is 0 Å². The van der Waals surface area contributed by atoms with E-state index in [9.17, 15) is 14.9 Å². The van der Waals surface area contributed by atoms with Crippen LogP contribution in [0.5, 0.6) is 0 Å². The van der Waals surface area contributed by atoms with Crippen LogP contribution < -0.4 is 0 Å². The fraction of sp³-hybridized carbons (Fsp3) is 0.615. The van der Waals surface area contributed by atoms with Gasteiger partial charge in [-0.1, -0.05) is 11.3 Å². The maximum atomic E-state index is 10.6. The van der Waals surface area contributed by atoms with Crippen molar-refractivity contribution in [3.8, 4) is 0 Å². The highest BCUT2D eigenvalue weighted by atomic mass is 32.1. The van der Waals surface area contributed by atoms with Crippen LogP contribution in [-0.4, -0.2) is 46.7 Å². The Morgan fingerprint density at radius 3 is 2.76 bits per heavy atom. The number of aliphatic carboxylic acids is 1. The van der Waals surface area contributed by atoms with E-state index < -0.39 is 5.97 Å². The molecule has 1 aromatic rings. The Morgan fingerprint density at radius 2 is 2.19 bits per heavy atom. The largest absolute Gasteiger partial charge is 0.481 e. The van der Waals surface area contributed by atoms with Crippen LogP contribution in [0.2, 0.25) is 0 Å². The topological polar surface area (TPSA) is 92.9 Å². The minimum atomic E-state index is -0.841. The molecule has 116 valence electrons. The highest BCUT2D eigenvalue weighted by Gasteiger charge is 2.21. The molecule has 2 rings (SSSR count). The van der Waals surface area contributed by atoms with Crippen molar-refractivity contribution >= 4 is 22.3 Å². The van der Waals surface area contributed by atoms with Crippen LogP contribution in [0.4, 0.5) is 5.00 Å². The van der Waals surface area contributed by atoms with E-state index in [1.807, 2.05) is 0 Å². The summed E-state index contributed by atoms with van der Waals surface area (Å²) in [5.74, 6) is -0.841. The average molecular weight is 314 g/mol. The van der Waals surface area contributed by atoms with Crippen molar-refractivity contribution < 1.29 is 19.6 Å². The van der Waals surface area contributed by atoms with Gasteiger partial charge in [0.2, 0.25) is 0 Å². The van der Waals surface area contributed by atoms with E-state index in [-0.39, 0.29) is 29.1 Å². The van der Waals surface area contributed by atoms with Gasteiger partial charge in [0.25, 0.3) is 0 Å². The second kappa shape index (κ2) is 7.48. The van der Waals surface area contributed by atoms with E-state index >= 15 is 0 Å². The number of likely N-dealkylation sites (tertiary alicyclic amines) is 1. The van der Waals surface area contributed by atoms with Crippen LogP contribution in [-0.2, 0) is 16.1 Å². The van der Waals surface area contributed by atoms with E-state index in [1.54, 1.807) is 12.1 Å². The molecule has 1 N–H and O–H groups in total. The summed E-state index contributed by atoms with van der Waals surface area (Å²) >= 11 is 1.22. The summed E-state index contributed by atoms with van der Waals surface area (Å²) < 4.78 is 5.53. The summed E-state index contributed by atoms with van der Waals surface area (Å²) in [6.07, 6.45) is 1.90. The zero-order chi connectivity index (χ0) is 15.2. The predicted octanol–water partition coefficient (Wildman–Crippen LogP) is 2.11. The molecule has 0 aliphatic carbocycles. The van der Waals surface area contributed by atoms with Crippen LogP contribution >= 0.6 is 11.3 Å². The molecule has 1 aliphatic heterocycles. The summed E-state index contributed by atoms with van der Waals surface area (Å²) in [4.78, 5) is 23.9. The lowest BCUT2D eigenvalue weighted by Crippen LogP contribution is -2.36. The molecule has 2 heterocycles. The number of hydrogen-bond acceptors (Lipinski definition) is 6. The molecule has 1 aliphatic rings. The van der Waals surface area contributed by atoms with Gasteiger partial charge in [-0.2, -0.15) is 0 Å². The number of thiophene rings is 1. The molecule has 0 radical (unpaired) electrons. The molecule has 0 atom stereocenters. The first kappa shape index (κ1) is 15.9. The molecule has 0 spiro atoms. The third kappa shape index (κ3) is 5.07. The summed E-state index contributed by atoms with van der Waals surface area (Å²) in [5, 5.41) is 19.4. The molecule has 0 unspecified atom stereocenters. The zero-order valence-electron chi connectivity index (χ0n) is 11.6. The Kier molecular flexibility index (Phi) is 5.66. The van der Waals surface area contributed by atoms with Gasteiger partial charge in [-0.3, -0.25) is 19.8 Å². The standard InChI is InChI=1S/C13H18N2O5S/c16-13(17)5-8-20-10-3-6-14(7-4-10)9-11-1-2-12(21-11)15(18)19/h1-2,10H,3-9H2,(H,16,17). The number of ether oxygens (including phenoxy) is 1. The van der Waals surface area contributed by atoms with Crippen molar-refractivity contribution in [3.63, 3.8) is 0 Å². The first-order valence-electron chi connectivity index (χ1n) is 6.83. The molecule has 0 bridgehead atoms. The third-order valence-electron chi connectivity index (χ3n) is 3.41. The lowest BCUT2D eigenvalue weighted by molar-refractivity contribution is -0.380. The van der Waals surface area contributed by atoms with Gasteiger partial charge in [0.1, 0.15) is 0 Å². The predicted molar refractivity (Wildman–Crippen MR) is 77.5 cm³/mol. The minimum Gasteiger partial charge on any atom is -0.481 e. The van der Waals surface area contributed by atoms with E-state index in [0.29, 0.717) is 0 Å². The molecular weight excluding hydrogens is 296 g/mol. The van der Waals surface area contributed by atoms with Gasteiger partial charge < -0.3 is 9.84 Å². The van der Waals surface area contributed by atoms with Crippen molar-refractivity contribution in [1.29, 1.82) is 0 Å².